The van der Waals surface area contributed by atoms with Gasteiger partial charge in [0.05, 0.1) is 10.7 Å². The van der Waals surface area contributed by atoms with Crippen LogP contribution in [0.25, 0.3) is 0 Å². The summed E-state index contributed by atoms with van der Waals surface area (Å²) in [6, 6.07) is 6.41. The van der Waals surface area contributed by atoms with E-state index in [1.165, 1.54) is 12.3 Å². The zero-order valence-electron chi connectivity index (χ0n) is 10.5. The summed E-state index contributed by atoms with van der Waals surface area (Å²) >= 11 is 11.7. The van der Waals surface area contributed by atoms with Crippen molar-refractivity contribution < 1.29 is 9.90 Å². The number of rotatable bonds is 6. The number of anilines is 1. The molecule has 0 spiro atoms. The van der Waals surface area contributed by atoms with Gasteiger partial charge >= 0.3 is 0 Å². The molecule has 0 radical (unpaired) electrons. The third-order valence-electron chi connectivity index (χ3n) is 2.27. The molecule has 0 aliphatic carbocycles. The first-order valence-electron chi connectivity index (χ1n) is 5.79. The number of hydrogen-bond acceptors (Lipinski definition) is 4. The fourth-order valence-electron chi connectivity index (χ4n) is 1.28. The van der Waals surface area contributed by atoms with E-state index in [4.69, 9.17) is 33.6 Å². The van der Waals surface area contributed by atoms with Gasteiger partial charge in [-0.05, 0) is 24.6 Å². The number of halogens is 2. The zero-order chi connectivity index (χ0) is 15.0. The highest BCUT2D eigenvalue weighted by molar-refractivity contribution is 6.36. The Morgan fingerprint density at radius 3 is 2.80 bits per heavy atom. The molecule has 0 aliphatic heterocycles. The van der Waals surface area contributed by atoms with Crippen molar-refractivity contribution in [1.29, 1.82) is 5.26 Å². The molecule has 0 fully saturated rings. The van der Waals surface area contributed by atoms with E-state index >= 15 is 0 Å². The molecule has 1 aromatic rings. The molecule has 7 heteroatoms. The van der Waals surface area contributed by atoms with Crippen LogP contribution in [0.3, 0.4) is 0 Å². The Balaban J connectivity index is 2.70. The number of aliphatic hydroxyl groups excluding tert-OH is 1. The highest BCUT2D eigenvalue weighted by atomic mass is 35.5. The van der Waals surface area contributed by atoms with Gasteiger partial charge in [-0.2, -0.15) is 5.26 Å². The van der Waals surface area contributed by atoms with Gasteiger partial charge in [0.25, 0.3) is 5.91 Å². The van der Waals surface area contributed by atoms with E-state index in [1.54, 1.807) is 18.2 Å². The van der Waals surface area contributed by atoms with Crippen molar-refractivity contribution in [2.24, 2.45) is 0 Å². The summed E-state index contributed by atoms with van der Waals surface area (Å²) in [6.07, 6.45) is 1.83. The van der Waals surface area contributed by atoms with Crippen molar-refractivity contribution >= 4 is 34.8 Å². The van der Waals surface area contributed by atoms with Crippen LogP contribution in [-0.4, -0.2) is 24.2 Å². The molecule has 0 saturated heterocycles. The highest BCUT2D eigenvalue weighted by Crippen LogP contribution is 2.25. The molecular weight excluding hydrogens is 301 g/mol. The quantitative estimate of drug-likeness (QED) is 0.427. The van der Waals surface area contributed by atoms with Gasteiger partial charge in [-0.15, -0.1) is 0 Å². The molecule has 1 amide bonds. The number of amides is 1. The van der Waals surface area contributed by atoms with Crippen LogP contribution in [0.5, 0.6) is 0 Å². The molecule has 0 aliphatic rings. The second-order valence-electron chi connectivity index (χ2n) is 3.78. The Morgan fingerprint density at radius 2 is 2.20 bits per heavy atom. The van der Waals surface area contributed by atoms with Crippen LogP contribution in [0, 0.1) is 11.3 Å². The number of benzene rings is 1. The van der Waals surface area contributed by atoms with Crippen LogP contribution in [0.1, 0.15) is 6.42 Å². The third kappa shape index (κ3) is 5.10. The first-order chi connectivity index (χ1) is 9.58. The monoisotopic (exact) mass is 313 g/mol. The molecule has 1 aromatic carbocycles. The van der Waals surface area contributed by atoms with Gasteiger partial charge in [0.1, 0.15) is 11.6 Å². The second-order valence-corrected chi connectivity index (χ2v) is 4.62. The lowest BCUT2D eigenvalue weighted by molar-refractivity contribution is -0.112. The summed E-state index contributed by atoms with van der Waals surface area (Å²) in [5, 5.41) is 23.6. The Hall–Kier alpha value is -1.74. The lowest BCUT2D eigenvalue weighted by Gasteiger charge is -2.07. The van der Waals surface area contributed by atoms with E-state index < -0.39 is 5.91 Å². The summed E-state index contributed by atoms with van der Waals surface area (Å²) < 4.78 is 0. The van der Waals surface area contributed by atoms with Crippen molar-refractivity contribution in [2.45, 2.75) is 6.42 Å². The second kappa shape index (κ2) is 8.43. The average molecular weight is 314 g/mol. The number of hydrogen-bond donors (Lipinski definition) is 3. The van der Waals surface area contributed by atoms with E-state index in [0.29, 0.717) is 23.7 Å². The first-order valence-corrected chi connectivity index (χ1v) is 6.55. The SMILES string of the molecule is N#C/C(=C/NCCCO)C(=O)Nc1ccc(Cl)cc1Cl. The fraction of sp³-hybridized carbons (Fsp3) is 0.231. The van der Waals surface area contributed by atoms with Crippen molar-refractivity contribution in [1.82, 2.24) is 5.32 Å². The molecule has 106 valence electrons. The molecule has 20 heavy (non-hydrogen) atoms. The average Bonchev–Trinajstić information content (AvgIpc) is 2.42. The lowest BCUT2D eigenvalue weighted by atomic mass is 10.2. The largest absolute Gasteiger partial charge is 0.396 e. The minimum Gasteiger partial charge on any atom is -0.396 e. The molecule has 0 heterocycles. The van der Waals surface area contributed by atoms with Crippen molar-refractivity contribution in [3.63, 3.8) is 0 Å². The molecule has 0 aromatic heterocycles. The Kier molecular flexibility index (Phi) is 6.88. The summed E-state index contributed by atoms with van der Waals surface area (Å²) in [7, 11) is 0. The van der Waals surface area contributed by atoms with Gasteiger partial charge in [-0.25, -0.2) is 0 Å². The van der Waals surface area contributed by atoms with Crippen LogP contribution in [0.2, 0.25) is 10.0 Å². The van der Waals surface area contributed by atoms with E-state index in [0.717, 1.165) is 0 Å². The van der Waals surface area contributed by atoms with Gasteiger partial charge in [0.2, 0.25) is 0 Å². The van der Waals surface area contributed by atoms with Crippen molar-refractivity contribution in [3.05, 3.63) is 40.0 Å². The molecular formula is C13H13Cl2N3O2. The molecule has 0 unspecified atom stereocenters. The molecule has 0 saturated carbocycles. The maximum absolute atomic E-state index is 11.9. The highest BCUT2D eigenvalue weighted by Gasteiger charge is 2.11. The Bertz CT molecular complexity index is 553. The first kappa shape index (κ1) is 16.3. The Morgan fingerprint density at radius 1 is 1.45 bits per heavy atom. The van der Waals surface area contributed by atoms with Crippen LogP contribution < -0.4 is 10.6 Å². The molecule has 5 nitrogen and oxygen atoms in total. The number of carbonyl (C=O) groups is 1. The van der Waals surface area contributed by atoms with Gasteiger partial charge in [-0.1, -0.05) is 23.2 Å². The number of nitrogens with zero attached hydrogens (tertiary/aromatic N) is 1. The zero-order valence-corrected chi connectivity index (χ0v) is 12.0. The van der Waals surface area contributed by atoms with Crippen LogP contribution in [0.15, 0.2) is 30.0 Å². The summed E-state index contributed by atoms with van der Waals surface area (Å²) in [4.78, 5) is 11.9. The number of nitrogens with one attached hydrogen (secondary N) is 2. The maximum atomic E-state index is 11.9. The van der Waals surface area contributed by atoms with Crippen LogP contribution in [-0.2, 0) is 4.79 Å². The smallest absolute Gasteiger partial charge is 0.267 e. The maximum Gasteiger partial charge on any atom is 0.267 e. The predicted octanol–water partition coefficient (Wildman–Crippen LogP) is 2.31. The summed E-state index contributed by atoms with van der Waals surface area (Å²) in [5.41, 5.74) is 0.284. The predicted molar refractivity (Wildman–Crippen MR) is 78.5 cm³/mol. The normalized spacial score (nSPS) is 10.8. The minimum atomic E-state index is -0.576. The van der Waals surface area contributed by atoms with Crippen LogP contribution >= 0.6 is 23.2 Å². The van der Waals surface area contributed by atoms with E-state index in [2.05, 4.69) is 10.6 Å². The molecule has 1 rings (SSSR count). The summed E-state index contributed by atoms with van der Waals surface area (Å²) in [6.45, 7) is 0.506. The van der Waals surface area contributed by atoms with E-state index in [9.17, 15) is 4.79 Å². The number of nitriles is 1. The topological polar surface area (TPSA) is 85.2 Å². The minimum absolute atomic E-state index is 0.0370. The standard InChI is InChI=1S/C13H13Cl2N3O2/c14-10-2-3-12(11(15)6-10)18-13(20)9(7-16)8-17-4-1-5-19/h2-3,6,8,17,19H,1,4-5H2,(H,18,20)/b9-8-. The molecule has 0 bridgehead atoms. The third-order valence-corrected chi connectivity index (χ3v) is 2.82. The number of aliphatic hydroxyl groups is 1. The van der Waals surface area contributed by atoms with Crippen molar-refractivity contribution in [2.75, 3.05) is 18.5 Å². The van der Waals surface area contributed by atoms with Crippen molar-refractivity contribution in [3.8, 4) is 6.07 Å². The van der Waals surface area contributed by atoms with E-state index in [1.807, 2.05) is 0 Å². The lowest BCUT2D eigenvalue weighted by Crippen LogP contribution is -2.17. The molecule has 0 atom stereocenters. The van der Waals surface area contributed by atoms with Gasteiger partial charge in [0, 0.05) is 24.4 Å². The van der Waals surface area contributed by atoms with Gasteiger partial charge in [0.15, 0.2) is 0 Å². The van der Waals surface area contributed by atoms with Crippen LogP contribution in [0.4, 0.5) is 5.69 Å². The van der Waals surface area contributed by atoms with E-state index in [-0.39, 0.29) is 17.2 Å². The fourth-order valence-corrected chi connectivity index (χ4v) is 1.74. The van der Waals surface area contributed by atoms with Gasteiger partial charge in [-0.3, -0.25) is 4.79 Å². The molecule has 3 N–H and O–H groups in total. The summed E-state index contributed by atoms with van der Waals surface area (Å²) in [5.74, 6) is -0.576. The van der Waals surface area contributed by atoms with Gasteiger partial charge < -0.3 is 15.7 Å². The Labute approximate surface area is 126 Å². The number of carbonyl (C=O) groups excluding carboxylic acids is 1.